The van der Waals surface area contributed by atoms with Crippen LogP contribution >= 0.6 is 15.9 Å². The topological polar surface area (TPSA) is 43.7 Å². The maximum atomic E-state index is 13.5. The molecule has 0 heterocycles. The molecule has 102 valence electrons. The van der Waals surface area contributed by atoms with E-state index in [1.165, 1.54) is 6.07 Å². The fourth-order valence-electron chi connectivity index (χ4n) is 1.80. The average Bonchev–Trinajstić information content (AvgIpc) is 2.37. The van der Waals surface area contributed by atoms with Crippen molar-refractivity contribution in [2.75, 3.05) is 26.2 Å². The number of aliphatic hydroxyl groups is 2. The Morgan fingerprint density at radius 3 is 2.72 bits per heavy atom. The highest BCUT2D eigenvalue weighted by molar-refractivity contribution is 9.10. The van der Waals surface area contributed by atoms with Crippen LogP contribution in [0.4, 0.5) is 4.39 Å². The van der Waals surface area contributed by atoms with Crippen molar-refractivity contribution in [2.45, 2.75) is 19.4 Å². The predicted octanol–water partition coefficient (Wildman–Crippen LogP) is 2.33. The third-order valence-corrected chi connectivity index (χ3v) is 3.39. The van der Waals surface area contributed by atoms with E-state index < -0.39 is 11.9 Å². The molecule has 1 atom stereocenters. The van der Waals surface area contributed by atoms with Gasteiger partial charge < -0.3 is 15.1 Å². The van der Waals surface area contributed by atoms with Crippen LogP contribution in [0, 0.1) is 5.82 Å². The van der Waals surface area contributed by atoms with Gasteiger partial charge >= 0.3 is 0 Å². The van der Waals surface area contributed by atoms with Gasteiger partial charge in [0, 0.05) is 23.1 Å². The number of halogens is 2. The molecule has 0 fully saturated rings. The van der Waals surface area contributed by atoms with E-state index in [0.29, 0.717) is 25.1 Å². The standard InChI is InChI=1S/C13H19BrFNO2/c1-2-16(7-8-17)6-5-13(18)11-9-10(14)3-4-12(11)15/h3-4,9,13,17-18H,2,5-8H2,1H3. The number of benzene rings is 1. The first-order valence-electron chi connectivity index (χ1n) is 6.04. The van der Waals surface area contributed by atoms with Gasteiger partial charge in [-0.2, -0.15) is 0 Å². The molecule has 2 N–H and O–H groups in total. The van der Waals surface area contributed by atoms with Crippen LogP contribution in [0.1, 0.15) is 25.0 Å². The fourth-order valence-corrected chi connectivity index (χ4v) is 2.18. The number of hydrogen-bond donors (Lipinski definition) is 2. The van der Waals surface area contributed by atoms with Crippen LogP contribution in [0.3, 0.4) is 0 Å². The molecule has 1 aromatic rings. The highest BCUT2D eigenvalue weighted by Gasteiger charge is 2.14. The summed E-state index contributed by atoms with van der Waals surface area (Å²) < 4.78 is 14.3. The van der Waals surface area contributed by atoms with Crippen molar-refractivity contribution in [1.29, 1.82) is 0 Å². The van der Waals surface area contributed by atoms with Gasteiger partial charge in [-0.1, -0.05) is 22.9 Å². The van der Waals surface area contributed by atoms with Crippen LogP contribution in [0.5, 0.6) is 0 Å². The smallest absolute Gasteiger partial charge is 0.129 e. The molecule has 0 aliphatic carbocycles. The number of aliphatic hydroxyl groups excluding tert-OH is 2. The molecule has 0 saturated heterocycles. The summed E-state index contributed by atoms with van der Waals surface area (Å²) in [7, 11) is 0. The highest BCUT2D eigenvalue weighted by Crippen LogP contribution is 2.24. The minimum absolute atomic E-state index is 0.0924. The minimum atomic E-state index is -0.824. The summed E-state index contributed by atoms with van der Waals surface area (Å²) in [4.78, 5) is 2.01. The Bertz CT molecular complexity index is 376. The van der Waals surface area contributed by atoms with Crippen LogP contribution in [-0.4, -0.2) is 41.4 Å². The zero-order chi connectivity index (χ0) is 13.5. The first kappa shape index (κ1) is 15.6. The summed E-state index contributed by atoms with van der Waals surface area (Å²) >= 11 is 3.26. The first-order chi connectivity index (χ1) is 8.58. The van der Waals surface area contributed by atoms with Gasteiger partial charge in [-0.3, -0.25) is 0 Å². The van der Waals surface area contributed by atoms with Gasteiger partial charge in [0.05, 0.1) is 12.7 Å². The van der Waals surface area contributed by atoms with E-state index in [2.05, 4.69) is 15.9 Å². The zero-order valence-corrected chi connectivity index (χ0v) is 12.0. The van der Waals surface area contributed by atoms with Gasteiger partial charge in [0.1, 0.15) is 5.82 Å². The molecular formula is C13H19BrFNO2. The summed E-state index contributed by atoms with van der Waals surface area (Å²) in [5.41, 5.74) is 0.310. The maximum absolute atomic E-state index is 13.5. The molecule has 0 amide bonds. The van der Waals surface area contributed by atoms with Crippen molar-refractivity contribution < 1.29 is 14.6 Å². The normalized spacial score (nSPS) is 13.0. The molecular weight excluding hydrogens is 301 g/mol. The number of likely N-dealkylation sites (N-methyl/N-ethyl adjacent to an activating group) is 1. The van der Waals surface area contributed by atoms with E-state index in [9.17, 15) is 9.50 Å². The van der Waals surface area contributed by atoms with Gasteiger partial charge in [-0.05, 0) is 31.2 Å². The highest BCUT2D eigenvalue weighted by atomic mass is 79.9. The third-order valence-electron chi connectivity index (χ3n) is 2.90. The summed E-state index contributed by atoms with van der Waals surface area (Å²) in [5, 5.41) is 18.8. The summed E-state index contributed by atoms with van der Waals surface area (Å²) in [6, 6.07) is 4.55. The first-order valence-corrected chi connectivity index (χ1v) is 6.84. The van der Waals surface area contributed by atoms with Gasteiger partial charge in [0.25, 0.3) is 0 Å². The second-order valence-electron chi connectivity index (χ2n) is 4.13. The Morgan fingerprint density at radius 2 is 2.11 bits per heavy atom. The molecule has 0 radical (unpaired) electrons. The molecule has 3 nitrogen and oxygen atoms in total. The maximum Gasteiger partial charge on any atom is 0.129 e. The lowest BCUT2D eigenvalue weighted by molar-refractivity contribution is 0.130. The molecule has 1 unspecified atom stereocenters. The lowest BCUT2D eigenvalue weighted by atomic mass is 10.1. The molecule has 0 bridgehead atoms. The molecule has 0 aromatic heterocycles. The Hall–Kier alpha value is -0.490. The summed E-state index contributed by atoms with van der Waals surface area (Å²) in [6.07, 6.45) is -0.378. The molecule has 0 saturated carbocycles. The van der Waals surface area contributed by atoms with Crippen molar-refractivity contribution in [3.63, 3.8) is 0 Å². The van der Waals surface area contributed by atoms with E-state index in [4.69, 9.17) is 5.11 Å². The van der Waals surface area contributed by atoms with E-state index in [1.54, 1.807) is 12.1 Å². The molecule has 1 aromatic carbocycles. The number of nitrogens with zero attached hydrogens (tertiary/aromatic N) is 1. The Balaban J connectivity index is 2.59. The fraction of sp³-hybridized carbons (Fsp3) is 0.538. The van der Waals surface area contributed by atoms with Gasteiger partial charge in [-0.15, -0.1) is 0 Å². The second-order valence-corrected chi connectivity index (χ2v) is 5.04. The number of hydrogen-bond acceptors (Lipinski definition) is 3. The minimum Gasteiger partial charge on any atom is -0.395 e. The molecule has 1 rings (SSSR count). The van der Waals surface area contributed by atoms with Gasteiger partial charge in [0.2, 0.25) is 0 Å². The van der Waals surface area contributed by atoms with Crippen molar-refractivity contribution in [3.05, 3.63) is 34.1 Å². The van der Waals surface area contributed by atoms with E-state index in [-0.39, 0.29) is 6.61 Å². The van der Waals surface area contributed by atoms with E-state index >= 15 is 0 Å². The van der Waals surface area contributed by atoms with Crippen LogP contribution in [0.25, 0.3) is 0 Å². The Morgan fingerprint density at radius 1 is 1.39 bits per heavy atom. The second kappa shape index (κ2) is 7.84. The van der Waals surface area contributed by atoms with Crippen LogP contribution in [0.2, 0.25) is 0 Å². The van der Waals surface area contributed by atoms with Crippen molar-refractivity contribution in [3.8, 4) is 0 Å². The molecule has 0 spiro atoms. The third kappa shape index (κ3) is 4.65. The molecule has 0 aliphatic rings. The molecule has 0 aliphatic heterocycles. The lowest BCUT2D eigenvalue weighted by Gasteiger charge is -2.21. The summed E-state index contributed by atoms with van der Waals surface area (Å²) in [5.74, 6) is -0.393. The Labute approximate surface area is 115 Å². The monoisotopic (exact) mass is 319 g/mol. The molecule has 18 heavy (non-hydrogen) atoms. The summed E-state index contributed by atoms with van der Waals surface area (Å²) in [6.45, 7) is 4.08. The van der Waals surface area contributed by atoms with Crippen LogP contribution in [0.15, 0.2) is 22.7 Å². The van der Waals surface area contributed by atoms with Crippen LogP contribution < -0.4 is 0 Å². The van der Waals surface area contributed by atoms with Gasteiger partial charge in [-0.25, -0.2) is 4.39 Å². The predicted molar refractivity (Wildman–Crippen MR) is 72.9 cm³/mol. The van der Waals surface area contributed by atoms with Crippen molar-refractivity contribution >= 4 is 15.9 Å². The largest absolute Gasteiger partial charge is 0.395 e. The van der Waals surface area contributed by atoms with Crippen molar-refractivity contribution in [2.24, 2.45) is 0 Å². The van der Waals surface area contributed by atoms with Crippen molar-refractivity contribution in [1.82, 2.24) is 4.90 Å². The number of rotatable bonds is 7. The molecule has 5 heteroatoms. The van der Waals surface area contributed by atoms with E-state index in [0.717, 1.165) is 11.0 Å². The van der Waals surface area contributed by atoms with Crippen LogP contribution in [-0.2, 0) is 0 Å². The van der Waals surface area contributed by atoms with Gasteiger partial charge in [0.15, 0.2) is 0 Å². The lowest BCUT2D eigenvalue weighted by Crippen LogP contribution is -2.28. The zero-order valence-electron chi connectivity index (χ0n) is 10.4. The Kier molecular flexibility index (Phi) is 6.78. The van der Waals surface area contributed by atoms with E-state index in [1.807, 2.05) is 11.8 Å². The average molecular weight is 320 g/mol. The quantitative estimate of drug-likeness (QED) is 0.810. The SMILES string of the molecule is CCN(CCO)CCC(O)c1cc(Br)ccc1F.